The van der Waals surface area contributed by atoms with Crippen LogP contribution >= 0.6 is 35.0 Å². The van der Waals surface area contributed by atoms with E-state index in [1.54, 1.807) is 48.5 Å². The number of nitrogens with zero attached hydrogens (tertiary/aromatic N) is 2. The molecule has 0 radical (unpaired) electrons. The summed E-state index contributed by atoms with van der Waals surface area (Å²) in [6.45, 7) is 0. The fourth-order valence-corrected chi connectivity index (χ4v) is 4.19. The maximum atomic E-state index is 13.8. The van der Waals surface area contributed by atoms with Gasteiger partial charge in [-0.3, -0.25) is 4.79 Å². The molecule has 5 nitrogen and oxygen atoms in total. The quantitative estimate of drug-likeness (QED) is 0.399. The molecule has 1 aliphatic rings. The van der Waals surface area contributed by atoms with Crippen LogP contribution in [-0.2, 0) is 11.2 Å². The Hall–Kier alpha value is -2.61. The van der Waals surface area contributed by atoms with Crippen LogP contribution in [0.5, 0.6) is 0 Å². The minimum atomic E-state index is -0.383. The van der Waals surface area contributed by atoms with Gasteiger partial charge >= 0.3 is 0 Å². The summed E-state index contributed by atoms with van der Waals surface area (Å²) in [6.07, 6.45) is 1.81. The van der Waals surface area contributed by atoms with E-state index in [0.29, 0.717) is 38.7 Å². The highest BCUT2D eigenvalue weighted by atomic mass is 35.5. The topological polar surface area (TPSA) is 67.0 Å². The molecule has 0 saturated carbocycles. The molecule has 1 saturated heterocycles. The fraction of sp³-hybridized carbons (Fsp3) is 0.0952. The van der Waals surface area contributed by atoms with Crippen molar-refractivity contribution in [2.75, 3.05) is 0 Å². The summed E-state index contributed by atoms with van der Waals surface area (Å²) in [6, 6.07) is 14.8. The molecule has 152 valence electrons. The van der Waals surface area contributed by atoms with Crippen molar-refractivity contribution in [1.82, 2.24) is 5.32 Å². The molecule has 1 amide bonds. The molecule has 2 aromatic carbocycles. The van der Waals surface area contributed by atoms with E-state index in [2.05, 4.69) is 15.5 Å². The number of amides is 1. The first-order valence-corrected chi connectivity index (χ1v) is 10.5. The molecular formula is C21H14Cl2FN3O2S. The molecule has 1 atom stereocenters. The molecule has 1 unspecified atom stereocenters. The van der Waals surface area contributed by atoms with E-state index in [9.17, 15) is 9.18 Å². The zero-order valence-electron chi connectivity index (χ0n) is 15.3. The first kappa shape index (κ1) is 20.7. The van der Waals surface area contributed by atoms with Gasteiger partial charge in [0.25, 0.3) is 0 Å². The van der Waals surface area contributed by atoms with Crippen LogP contribution in [-0.4, -0.2) is 22.5 Å². The Bertz CT molecular complexity index is 1160. The van der Waals surface area contributed by atoms with Gasteiger partial charge in [-0.25, -0.2) is 4.39 Å². The van der Waals surface area contributed by atoms with Crippen LogP contribution in [0, 0.1) is 5.82 Å². The predicted molar refractivity (Wildman–Crippen MR) is 119 cm³/mol. The van der Waals surface area contributed by atoms with E-state index in [4.69, 9.17) is 27.6 Å². The first-order chi connectivity index (χ1) is 14.5. The SMILES string of the molecule is O=C1N/C(=N\N=Cc2ccc(-c3ccccc3F)o2)SC1Cc1cc(Cl)ccc1Cl. The number of thioether (sulfide) groups is 1. The van der Waals surface area contributed by atoms with Crippen LogP contribution in [0.15, 0.2) is 69.2 Å². The minimum Gasteiger partial charge on any atom is -0.455 e. The zero-order valence-corrected chi connectivity index (χ0v) is 17.6. The van der Waals surface area contributed by atoms with E-state index >= 15 is 0 Å². The first-order valence-electron chi connectivity index (χ1n) is 8.87. The highest BCUT2D eigenvalue weighted by molar-refractivity contribution is 8.15. The summed E-state index contributed by atoms with van der Waals surface area (Å²) in [5.41, 5.74) is 1.16. The number of carbonyl (C=O) groups is 1. The standard InChI is InChI=1S/C21H14Cl2FN3O2S/c22-13-5-7-16(23)12(9-13)10-19-20(28)26-21(30-19)27-25-11-14-6-8-18(29-14)15-3-1-2-4-17(15)24/h1-9,11,19H,10H2,(H,26,27,28). The third-order valence-corrected chi connectivity index (χ3v) is 5.97. The third kappa shape index (κ3) is 4.75. The van der Waals surface area contributed by atoms with Crippen molar-refractivity contribution in [3.63, 3.8) is 0 Å². The lowest BCUT2D eigenvalue weighted by Crippen LogP contribution is -2.26. The Kier molecular flexibility index (Phi) is 6.22. The van der Waals surface area contributed by atoms with Crippen molar-refractivity contribution in [3.8, 4) is 11.3 Å². The smallest absolute Gasteiger partial charge is 0.239 e. The summed E-state index contributed by atoms with van der Waals surface area (Å²) < 4.78 is 19.4. The Morgan fingerprint density at radius 3 is 2.83 bits per heavy atom. The van der Waals surface area contributed by atoms with Crippen LogP contribution in [0.1, 0.15) is 11.3 Å². The monoisotopic (exact) mass is 461 g/mol. The Balaban J connectivity index is 1.41. The van der Waals surface area contributed by atoms with Gasteiger partial charge in [-0.1, -0.05) is 47.1 Å². The van der Waals surface area contributed by atoms with Crippen molar-refractivity contribution in [3.05, 3.63) is 81.8 Å². The van der Waals surface area contributed by atoms with Gasteiger partial charge in [0, 0.05) is 10.0 Å². The number of amidine groups is 1. The molecular weight excluding hydrogens is 448 g/mol. The molecule has 0 bridgehead atoms. The van der Waals surface area contributed by atoms with E-state index < -0.39 is 0 Å². The summed E-state index contributed by atoms with van der Waals surface area (Å²) in [5, 5.41) is 11.8. The van der Waals surface area contributed by atoms with Gasteiger partial charge in [0.15, 0.2) is 5.17 Å². The molecule has 4 rings (SSSR count). The maximum absolute atomic E-state index is 13.8. The average molecular weight is 462 g/mol. The third-order valence-electron chi connectivity index (χ3n) is 4.29. The molecule has 1 aromatic heterocycles. The highest BCUT2D eigenvalue weighted by Crippen LogP contribution is 2.28. The highest BCUT2D eigenvalue weighted by Gasteiger charge is 2.31. The van der Waals surface area contributed by atoms with E-state index in [-0.39, 0.29) is 17.0 Å². The van der Waals surface area contributed by atoms with Crippen LogP contribution in [0.25, 0.3) is 11.3 Å². The number of hydrogen-bond acceptors (Lipinski definition) is 5. The van der Waals surface area contributed by atoms with Crippen molar-refractivity contribution in [2.45, 2.75) is 11.7 Å². The van der Waals surface area contributed by atoms with E-state index in [0.717, 1.165) is 5.56 Å². The molecule has 3 aromatic rings. The van der Waals surface area contributed by atoms with Crippen molar-refractivity contribution in [2.24, 2.45) is 10.2 Å². The van der Waals surface area contributed by atoms with Crippen LogP contribution in [0.2, 0.25) is 10.0 Å². The van der Waals surface area contributed by atoms with Crippen LogP contribution in [0.3, 0.4) is 0 Å². The van der Waals surface area contributed by atoms with E-state index in [1.165, 1.54) is 24.0 Å². The van der Waals surface area contributed by atoms with Crippen molar-refractivity contribution < 1.29 is 13.6 Å². The normalized spacial score (nSPS) is 17.8. The van der Waals surface area contributed by atoms with Crippen molar-refractivity contribution in [1.29, 1.82) is 0 Å². The van der Waals surface area contributed by atoms with Gasteiger partial charge in [0.1, 0.15) is 17.3 Å². The Morgan fingerprint density at radius 2 is 2.00 bits per heavy atom. The number of nitrogens with one attached hydrogen (secondary N) is 1. The molecule has 1 fully saturated rings. The van der Waals surface area contributed by atoms with Crippen LogP contribution < -0.4 is 5.32 Å². The number of furan rings is 1. The van der Waals surface area contributed by atoms with Gasteiger partial charge in [-0.2, -0.15) is 5.10 Å². The largest absolute Gasteiger partial charge is 0.455 e. The van der Waals surface area contributed by atoms with Gasteiger partial charge in [-0.05, 0) is 54.4 Å². The fourth-order valence-electron chi connectivity index (χ4n) is 2.85. The summed E-state index contributed by atoms with van der Waals surface area (Å²) in [5.74, 6) is 0.259. The summed E-state index contributed by atoms with van der Waals surface area (Å²) >= 11 is 13.4. The molecule has 1 N–H and O–H groups in total. The number of rotatable bonds is 5. The average Bonchev–Trinajstić information content (AvgIpc) is 3.32. The minimum absolute atomic E-state index is 0.176. The second-order valence-electron chi connectivity index (χ2n) is 6.37. The Morgan fingerprint density at radius 1 is 1.17 bits per heavy atom. The van der Waals surface area contributed by atoms with Gasteiger partial charge in [-0.15, -0.1) is 5.10 Å². The van der Waals surface area contributed by atoms with Crippen molar-refractivity contribution >= 4 is 52.3 Å². The second kappa shape index (κ2) is 9.04. The zero-order chi connectivity index (χ0) is 21.1. The lowest BCUT2D eigenvalue weighted by atomic mass is 10.1. The summed E-state index contributed by atoms with van der Waals surface area (Å²) in [4.78, 5) is 12.2. The number of carbonyl (C=O) groups excluding carboxylic acids is 1. The molecule has 0 spiro atoms. The molecule has 30 heavy (non-hydrogen) atoms. The summed E-state index contributed by atoms with van der Waals surface area (Å²) in [7, 11) is 0. The lowest BCUT2D eigenvalue weighted by molar-refractivity contribution is -0.118. The van der Waals surface area contributed by atoms with Gasteiger partial charge in [0.2, 0.25) is 5.91 Å². The molecule has 1 aliphatic heterocycles. The number of hydrogen-bond donors (Lipinski definition) is 1. The van der Waals surface area contributed by atoms with Gasteiger partial charge in [0.05, 0.1) is 17.0 Å². The molecule has 9 heteroatoms. The van der Waals surface area contributed by atoms with Gasteiger partial charge < -0.3 is 9.73 Å². The molecule has 0 aliphatic carbocycles. The van der Waals surface area contributed by atoms with Crippen LogP contribution in [0.4, 0.5) is 4.39 Å². The molecule has 2 heterocycles. The Labute approximate surface area is 186 Å². The maximum Gasteiger partial charge on any atom is 0.239 e. The second-order valence-corrected chi connectivity index (χ2v) is 8.40. The number of halogens is 3. The predicted octanol–water partition coefficient (Wildman–Crippen LogP) is 5.56. The lowest BCUT2D eigenvalue weighted by Gasteiger charge is -2.07. The van der Waals surface area contributed by atoms with E-state index in [1.807, 2.05) is 0 Å². The number of benzene rings is 2.